The molecular weight excluding hydrogens is 238 g/mol. The fourth-order valence-electron chi connectivity index (χ4n) is 1.42. The first-order valence-corrected chi connectivity index (χ1v) is 6.20. The molecule has 0 spiro atoms. The zero-order valence-corrected chi connectivity index (χ0v) is 9.61. The predicted octanol–water partition coefficient (Wildman–Crippen LogP) is -1.67. The van der Waals surface area contributed by atoms with E-state index in [9.17, 15) is 22.8 Å². The Labute approximate surface area is 92.3 Å². The summed E-state index contributed by atoms with van der Waals surface area (Å²) in [6.07, 6.45) is 0. The van der Waals surface area contributed by atoms with Crippen LogP contribution in [0.2, 0.25) is 0 Å². The monoisotopic (exact) mass is 249 g/mol. The largest absolute Gasteiger partial charge is 0.467 e. The van der Waals surface area contributed by atoms with Crippen molar-refractivity contribution in [3.05, 3.63) is 0 Å². The summed E-state index contributed by atoms with van der Waals surface area (Å²) in [6, 6.07) is -1.22. The third-order valence-electron chi connectivity index (χ3n) is 2.16. The summed E-state index contributed by atoms with van der Waals surface area (Å²) in [5, 5.41) is 0. The highest BCUT2D eigenvalue weighted by Crippen LogP contribution is 2.17. The van der Waals surface area contributed by atoms with Crippen LogP contribution in [0.1, 0.15) is 6.92 Å². The number of amides is 1. The van der Waals surface area contributed by atoms with Crippen LogP contribution in [-0.4, -0.2) is 55.8 Å². The van der Waals surface area contributed by atoms with Crippen LogP contribution in [0.15, 0.2) is 0 Å². The maximum Gasteiger partial charge on any atom is 0.329 e. The molecule has 0 aliphatic carbocycles. The summed E-state index contributed by atoms with van der Waals surface area (Å²) in [5.41, 5.74) is 0. The quantitative estimate of drug-likeness (QED) is 0.429. The number of Topliss-reactive ketones (excluding diaryl/α,β-unsaturated/α-hetero) is 1. The Morgan fingerprint density at radius 2 is 1.88 bits per heavy atom. The van der Waals surface area contributed by atoms with Crippen molar-refractivity contribution in [1.29, 1.82) is 0 Å². The molecule has 1 fully saturated rings. The van der Waals surface area contributed by atoms with Gasteiger partial charge in [-0.1, -0.05) is 0 Å². The summed E-state index contributed by atoms with van der Waals surface area (Å²) >= 11 is 0. The molecule has 0 bridgehead atoms. The second-order valence-electron chi connectivity index (χ2n) is 3.41. The molecule has 0 aromatic heterocycles. The number of hydrogen-bond donors (Lipinski definition) is 0. The minimum absolute atomic E-state index is 0.501. The lowest BCUT2D eigenvalue weighted by molar-refractivity contribution is -0.152. The minimum Gasteiger partial charge on any atom is -0.467 e. The van der Waals surface area contributed by atoms with E-state index in [0.717, 1.165) is 18.9 Å². The molecule has 0 aromatic carbocycles. The number of methoxy groups -OCH3 is 1. The van der Waals surface area contributed by atoms with Gasteiger partial charge < -0.3 is 9.64 Å². The first-order chi connectivity index (χ1) is 7.28. The van der Waals surface area contributed by atoms with E-state index in [1.54, 1.807) is 0 Å². The number of sulfone groups is 1. The van der Waals surface area contributed by atoms with Gasteiger partial charge in [0.05, 0.1) is 12.9 Å². The molecule has 16 heavy (non-hydrogen) atoms. The van der Waals surface area contributed by atoms with E-state index in [0.29, 0.717) is 0 Å². The van der Waals surface area contributed by atoms with Gasteiger partial charge in [0.1, 0.15) is 11.9 Å². The Hall–Kier alpha value is -1.44. The number of ketones is 1. The Bertz CT molecular complexity index is 439. The van der Waals surface area contributed by atoms with Crippen molar-refractivity contribution in [3.8, 4) is 0 Å². The molecule has 1 atom stereocenters. The second-order valence-corrected chi connectivity index (χ2v) is 5.49. The molecular formula is C8H11NO6S. The summed E-state index contributed by atoms with van der Waals surface area (Å²) in [5.74, 6) is -3.76. The van der Waals surface area contributed by atoms with E-state index < -0.39 is 45.2 Å². The van der Waals surface area contributed by atoms with Gasteiger partial charge in [0.15, 0.2) is 9.84 Å². The Morgan fingerprint density at radius 1 is 1.31 bits per heavy atom. The lowest BCUT2D eigenvalue weighted by atomic mass is 10.2. The van der Waals surface area contributed by atoms with E-state index in [2.05, 4.69) is 4.74 Å². The van der Waals surface area contributed by atoms with Gasteiger partial charge in [-0.05, 0) is 0 Å². The molecule has 1 rings (SSSR count). The molecule has 0 N–H and O–H groups in total. The molecule has 1 amide bonds. The Kier molecular flexibility index (Phi) is 3.32. The SMILES string of the molecule is COC(=O)C1CS(=O)(=O)CN1C(=O)C(C)=O. The maximum absolute atomic E-state index is 11.4. The zero-order valence-electron chi connectivity index (χ0n) is 8.80. The van der Waals surface area contributed by atoms with Crippen molar-refractivity contribution in [2.45, 2.75) is 13.0 Å². The predicted molar refractivity (Wildman–Crippen MR) is 52.0 cm³/mol. The molecule has 7 nitrogen and oxygen atoms in total. The molecule has 0 saturated carbocycles. The van der Waals surface area contributed by atoms with Gasteiger partial charge in [-0.25, -0.2) is 13.2 Å². The van der Waals surface area contributed by atoms with Crippen molar-refractivity contribution in [1.82, 2.24) is 4.90 Å². The summed E-state index contributed by atoms with van der Waals surface area (Å²) < 4.78 is 27.0. The minimum atomic E-state index is -3.53. The first-order valence-electron chi connectivity index (χ1n) is 4.38. The molecule has 8 heteroatoms. The second kappa shape index (κ2) is 4.20. The molecule has 1 saturated heterocycles. The third-order valence-corrected chi connectivity index (χ3v) is 3.65. The average Bonchev–Trinajstić information content (AvgIpc) is 2.52. The van der Waals surface area contributed by atoms with Gasteiger partial charge in [-0.3, -0.25) is 9.59 Å². The molecule has 0 radical (unpaired) electrons. The summed E-state index contributed by atoms with van der Waals surface area (Å²) in [7, 11) is -2.44. The fourth-order valence-corrected chi connectivity index (χ4v) is 3.04. The van der Waals surface area contributed by atoms with E-state index in [-0.39, 0.29) is 0 Å². The van der Waals surface area contributed by atoms with Gasteiger partial charge in [-0.2, -0.15) is 0 Å². The van der Waals surface area contributed by atoms with Crippen molar-refractivity contribution < 1.29 is 27.5 Å². The Morgan fingerprint density at radius 3 is 2.31 bits per heavy atom. The van der Waals surface area contributed by atoms with Crippen molar-refractivity contribution in [2.75, 3.05) is 18.7 Å². The van der Waals surface area contributed by atoms with E-state index in [1.807, 2.05) is 0 Å². The lowest BCUT2D eigenvalue weighted by Gasteiger charge is -2.19. The van der Waals surface area contributed by atoms with Gasteiger partial charge in [0, 0.05) is 6.92 Å². The van der Waals surface area contributed by atoms with Gasteiger partial charge >= 0.3 is 5.97 Å². The third kappa shape index (κ3) is 2.38. The van der Waals surface area contributed by atoms with Crippen molar-refractivity contribution in [2.24, 2.45) is 0 Å². The van der Waals surface area contributed by atoms with Crippen LogP contribution in [-0.2, 0) is 29.0 Å². The lowest BCUT2D eigenvalue weighted by Crippen LogP contribution is -2.44. The van der Waals surface area contributed by atoms with Crippen LogP contribution < -0.4 is 0 Å². The Balaban J connectivity index is 3.02. The molecule has 1 heterocycles. The van der Waals surface area contributed by atoms with Crippen LogP contribution in [0.3, 0.4) is 0 Å². The van der Waals surface area contributed by atoms with Crippen LogP contribution in [0.5, 0.6) is 0 Å². The highest BCUT2D eigenvalue weighted by Gasteiger charge is 2.44. The molecule has 0 aromatic rings. The van der Waals surface area contributed by atoms with Crippen molar-refractivity contribution >= 4 is 27.5 Å². The molecule has 90 valence electrons. The smallest absolute Gasteiger partial charge is 0.329 e. The normalized spacial score (nSPS) is 22.9. The number of rotatable bonds is 2. The highest BCUT2D eigenvalue weighted by atomic mass is 32.2. The van der Waals surface area contributed by atoms with Gasteiger partial charge in [-0.15, -0.1) is 0 Å². The number of hydrogen-bond acceptors (Lipinski definition) is 6. The molecule has 1 aliphatic rings. The van der Waals surface area contributed by atoms with E-state index >= 15 is 0 Å². The topological polar surface area (TPSA) is 97.8 Å². The first kappa shape index (κ1) is 12.6. The number of carbonyl (C=O) groups excluding carboxylic acids is 3. The summed E-state index contributed by atoms with van der Waals surface area (Å²) in [6.45, 7) is 1.02. The van der Waals surface area contributed by atoms with Crippen molar-refractivity contribution in [3.63, 3.8) is 0 Å². The number of nitrogens with zero attached hydrogens (tertiary/aromatic N) is 1. The van der Waals surface area contributed by atoms with E-state index in [1.165, 1.54) is 0 Å². The van der Waals surface area contributed by atoms with Crippen LogP contribution in [0.25, 0.3) is 0 Å². The van der Waals surface area contributed by atoms with Crippen LogP contribution >= 0.6 is 0 Å². The van der Waals surface area contributed by atoms with Crippen LogP contribution in [0, 0.1) is 0 Å². The van der Waals surface area contributed by atoms with Gasteiger partial charge in [0.25, 0.3) is 5.91 Å². The van der Waals surface area contributed by atoms with Crippen LogP contribution in [0.4, 0.5) is 0 Å². The number of ether oxygens (including phenoxy) is 1. The number of carbonyl (C=O) groups is 3. The zero-order chi connectivity index (χ0) is 12.5. The summed E-state index contributed by atoms with van der Waals surface area (Å²) in [4.78, 5) is 34.2. The standard InChI is InChI=1S/C8H11NO6S/c1-5(10)7(11)9-4-16(13,14)3-6(9)8(12)15-2/h6H,3-4H2,1-2H3. The van der Waals surface area contributed by atoms with Gasteiger partial charge in [0.2, 0.25) is 5.78 Å². The van der Waals surface area contributed by atoms with E-state index in [4.69, 9.17) is 0 Å². The fraction of sp³-hybridized carbons (Fsp3) is 0.625. The maximum atomic E-state index is 11.4. The molecule has 1 aliphatic heterocycles. The average molecular weight is 249 g/mol. The highest BCUT2D eigenvalue weighted by molar-refractivity contribution is 7.91. The molecule has 1 unspecified atom stereocenters. The number of esters is 1.